The van der Waals surface area contributed by atoms with Crippen LogP contribution < -0.4 is 9.47 Å². The van der Waals surface area contributed by atoms with Crippen LogP contribution in [-0.4, -0.2) is 18.4 Å². The molecule has 2 aromatic rings. The number of nitrogens with zero attached hydrogens (tertiary/aromatic N) is 1. The highest BCUT2D eigenvalue weighted by Gasteiger charge is 2.23. The Balaban J connectivity index is 1.23. The molecule has 0 unspecified atom stereocenters. The van der Waals surface area contributed by atoms with Crippen molar-refractivity contribution in [2.24, 2.45) is 4.99 Å². The van der Waals surface area contributed by atoms with Crippen LogP contribution in [0.4, 0.5) is 0 Å². The first-order chi connectivity index (χ1) is 13.8. The third-order valence-electron chi connectivity index (χ3n) is 4.58. The van der Waals surface area contributed by atoms with Crippen LogP contribution in [0.5, 0.6) is 11.5 Å². The molecular weight excluding hydrogens is 346 g/mol. The molecule has 0 aromatic heterocycles. The van der Waals surface area contributed by atoms with E-state index in [9.17, 15) is 0 Å². The first-order valence-corrected chi connectivity index (χ1v) is 9.85. The number of allylic oxidation sites excluding steroid dienone is 3. The molecule has 2 fully saturated rings. The standard InChI is InChI=1S/C25H25NO2/c1-19(21-6-10-23(11-7-21)28-25-14-15-25)3-2-17-26-18-16-20-4-8-22(9-5-20)27-24-12-13-24/h2-11,16-18,24-25H,1,12-15H2/b3-2-,18-16+,26-17+. The third kappa shape index (κ3) is 5.71. The maximum Gasteiger partial charge on any atom is 0.119 e. The number of rotatable bonds is 9. The van der Waals surface area contributed by atoms with E-state index in [2.05, 4.69) is 11.6 Å². The van der Waals surface area contributed by atoms with Crippen LogP contribution in [0.3, 0.4) is 0 Å². The Kier molecular flexibility index (Phi) is 5.72. The largest absolute Gasteiger partial charge is 0.490 e. The Morgan fingerprint density at radius 1 is 0.857 bits per heavy atom. The summed E-state index contributed by atoms with van der Waals surface area (Å²) in [6.07, 6.45) is 14.9. The number of aliphatic imine (C=N–C) groups is 1. The highest BCUT2D eigenvalue weighted by Crippen LogP contribution is 2.28. The minimum atomic E-state index is 0.423. The zero-order valence-electron chi connectivity index (χ0n) is 16.0. The lowest BCUT2D eigenvalue weighted by atomic mass is 10.1. The first kappa shape index (κ1) is 18.3. The van der Waals surface area contributed by atoms with Gasteiger partial charge in [-0.15, -0.1) is 0 Å². The lowest BCUT2D eigenvalue weighted by Crippen LogP contribution is -1.95. The van der Waals surface area contributed by atoms with Gasteiger partial charge in [-0.25, -0.2) is 0 Å². The normalized spacial score (nSPS) is 16.9. The predicted octanol–water partition coefficient (Wildman–Crippen LogP) is 6.08. The Morgan fingerprint density at radius 2 is 1.43 bits per heavy atom. The van der Waals surface area contributed by atoms with Crippen LogP contribution in [0.2, 0.25) is 0 Å². The zero-order chi connectivity index (χ0) is 19.2. The van der Waals surface area contributed by atoms with Crippen LogP contribution in [0, 0.1) is 0 Å². The minimum Gasteiger partial charge on any atom is -0.490 e. The Hall–Kier alpha value is -3.07. The van der Waals surface area contributed by atoms with E-state index < -0.39 is 0 Å². The molecule has 2 saturated carbocycles. The van der Waals surface area contributed by atoms with E-state index >= 15 is 0 Å². The van der Waals surface area contributed by atoms with Gasteiger partial charge in [0.25, 0.3) is 0 Å². The van der Waals surface area contributed by atoms with Gasteiger partial charge in [0, 0.05) is 12.4 Å². The average Bonchev–Trinajstić information content (AvgIpc) is 3.63. The maximum atomic E-state index is 5.76. The van der Waals surface area contributed by atoms with Crippen LogP contribution in [0.25, 0.3) is 11.6 Å². The van der Waals surface area contributed by atoms with Gasteiger partial charge in [0.2, 0.25) is 0 Å². The Labute approximate surface area is 166 Å². The molecule has 0 aliphatic heterocycles. The van der Waals surface area contributed by atoms with E-state index in [1.165, 1.54) is 25.7 Å². The molecule has 142 valence electrons. The minimum absolute atomic E-state index is 0.423. The summed E-state index contributed by atoms with van der Waals surface area (Å²) in [4.78, 5) is 4.28. The van der Waals surface area contributed by atoms with Crippen molar-refractivity contribution in [3.8, 4) is 11.5 Å². The van der Waals surface area contributed by atoms with E-state index in [0.717, 1.165) is 28.2 Å². The summed E-state index contributed by atoms with van der Waals surface area (Å²) in [5, 5.41) is 0. The second-order valence-electron chi connectivity index (χ2n) is 7.23. The maximum absolute atomic E-state index is 5.76. The molecule has 3 heteroatoms. The van der Waals surface area contributed by atoms with Crippen molar-refractivity contribution >= 4 is 17.9 Å². The van der Waals surface area contributed by atoms with E-state index in [4.69, 9.17) is 9.47 Å². The van der Waals surface area contributed by atoms with Crippen LogP contribution in [0.15, 0.2) is 78.5 Å². The van der Waals surface area contributed by atoms with E-state index in [1.54, 1.807) is 12.4 Å². The molecule has 3 nitrogen and oxygen atoms in total. The summed E-state index contributed by atoms with van der Waals surface area (Å²) >= 11 is 0. The lowest BCUT2D eigenvalue weighted by Gasteiger charge is -2.05. The molecule has 0 saturated heterocycles. The summed E-state index contributed by atoms with van der Waals surface area (Å²) in [6.45, 7) is 4.11. The monoisotopic (exact) mass is 371 g/mol. The molecule has 0 atom stereocenters. The SMILES string of the molecule is C=C(\C=C/C=N/C=C/c1ccc(OC2CC2)cc1)c1ccc(OC2CC2)cc1. The topological polar surface area (TPSA) is 30.8 Å². The summed E-state index contributed by atoms with van der Waals surface area (Å²) < 4.78 is 11.5. The molecule has 2 aromatic carbocycles. The van der Waals surface area contributed by atoms with E-state index in [-0.39, 0.29) is 0 Å². The molecule has 0 amide bonds. The molecule has 2 aliphatic carbocycles. The molecule has 0 bridgehead atoms. The van der Waals surface area contributed by atoms with Crippen molar-refractivity contribution in [2.45, 2.75) is 37.9 Å². The molecule has 4 rings (SSSR count). The molecule has 0 N–H and O–H groups in total. The van der Waals surface area contributed by atoms with Gasteiger partial charge in [-0.2, -0.15) is 0 Å². The summed E-state index contributed by atoms with van der Waals surface area (Å²) in [5.41, 5.74) is 3.12. The smallest absolute Gasteiger partial charge is 0.119 e. The summed E-state index contributed by atoms with van der Waals surface area (Å²) in [5.74, 6) is 1.87. The summed E-state index contributed by atoms with van der Waals surface area (Å²) in [6, 6.07) is 16.2. The second kappa shape index (κ2) is 8.75. The Morgan fingerprint density at radius 3 is 2.00 bits per heavy atom. The van der Waals surface area contributed by atoms with Gasteiger partial charge in [0.15, 0.2) is 0 Å². The quantitative estimate of drug-likeness (QED) is 0.395. The van der Waals surface area contributed by atoms with E-state index in [1.807, 2.05) is 66.8 Å². The van der Waals surface area contributed by atoms with Gasteiger partial charge in [-0.1, -0.05) is 36.9 Å². The third-order valence-corrected chi connectivity index (χ3v) is 4.58. The molecular formula is C25H25NO2. The molecule has 0 heterocycles. The second-order valence-corrected chi connectivity index (χ2v) is 7.23. The fourth-order valence-corrected chi connectivity index (χ4v) is 2.65. The van der Waals surface area contributed by atoms with Gasteiger partial charge in [0.1, 0.15) is 11.5 Å². The van der Waals surface area contributed by atoms with Crippen molar-refractivity contribution in [1.29, 1.82) is 0 Å². The highest BCUT2D eigenvalue weighted by molar-refractivity contribution is 5.80. The van der Waals surface area contributed by atoms with Crippen LogP contribution >= 0.6 is 0 Å². The highest BCUT2D eigenvalue weighted by atomic mass is 16.5. The fraction of sp³-hybridized carbons (Fsp3) is 0.240. The number of ether oxygens (including phenoxy) is 2. The van der Waals surface area contributed by atoms with Crippen LogP contribution in [0.1, 0.15) is 36.8 Å². The van der Waals surface area contributed by atoms with Crippen molar-refractivity contribution < 1.29 is 9.47 Å². The van der Waals surface area contributed by atoms with Gasteiger partial charge in [-0.05, 0) is 78.8 Å². The molecule has 28 heavy (non-hydrogen) atoms. The zero-order valence-corrected chi connectivity index (χ0v) is 16.0. The molecule has 2 aliphatic rings. The number of hydrogen-bond donors (Lipinski definition) is 0. The van der Waals surface area contributed by atoms with Crippen molar-refractivity contribution in [3.63, 3.8) is 0 Å². The van der Waals surface area contributed by atoms with E-state index in [0.29, 0.717) is 12.2 Å². The first-order valence-electron chi connectivity index (χ1n) is 9.85. The summed E-state index contributed by atoms with van der Waals surface area (Å²) in [7, 11) is 0. The average molecular weight is 371 g/mol. The van der Waals surface area contributed by atoms with Gasteiger partial charge < -0.3 is 9.47 Å². The molecule has 0 radical (unpaired) electrons. The van der Waals surface area contributed by atoms with Crippen molar-refractivity contribution in [1.82, 2.24) is 0 Å². The van der Waals surface area contributed by atoms with Gasteiger partial charge >= 0.3 is 0 Å². The van der Waals surface area contributed by atoms with Gasteiger partial charge in [0.05, 0.1) is 12.2 Å². The fourth-order valence-electron chi connectivity index (χ4n) is 2.65. The van der Waals surface area contributed by atoms with Crippen molar-refractivity contribution in [3.05, 3.63) is 84.6 Å². The van der Waals surface area contributed by atoms with Crippen molar-refractivity contribution in [2.75, 3.05) is 0 Å². The Bertz CT molecular complexity index is 883. The lowest BCUT2D eigenvalue weighted by molar-refractivity contribution is 0.303. The number of benzene rings is 2. The number of hydrogen-bond acceptors (Lipinski definition) is 3. The molecule has 0 spiro atoms. The van der Waals surface area contributed by atoms with Crippen LogP contribution in [-0.2, 0) is 0 Å². The van der Waals surface area contributed by atoms with Gasteiger partial charge in [-0.3, -0.25) is 4.99 Å². The predicted molar refractivity (Wildman–Crippen MR) is 116 cm³/mol.